The maximum absolute atomic E-state index is 11.8. The first-order chi connectivity index (χ1) is 13.1. The van der Waals surface area contributed by atoms with Gasteiger partial charge in [0.15, 0.2) is 0 Å². The minimum absolute atomic E-state index is 0.145. The molecule has 2 heterocycles. The molecule has 2 atom stereocenters. The van der Waals surface area contributed by atoms with Crippen molar-refractivity contribution in [3.63, 3.8) is 0 Å². The topological polar surface area (TPSA) is 60.5 Å². The molecule has 1 saturated heterocycles. The van der Waals surface area contributed by atoms with Crippen molar-refractivity contribution in [1.29, 1.82) is 0 Å². The van der Waals surface area contributed by atoms with Crippen LogP contribution in [-0.2, 0) is 9.53 Å². The number of rotatable bonds is 4. The van der Waals surface area contributed by atoms with Crippen LogP contribution in [0.15, 0.2) is 59.1 Å². The molecule has 0 saturated carbocycles. The molecule has 0 spiro atoms. The molecule has 1 aliphatic rings. The lowest BCUT2D eigenvalue weighted by molar-refractivity contribution is -0.142. The van der Waals surface area contributed by atoms with Crippen LogP contribution < -0.4 is 10.1 Å². The number of nitrogens with zero attached hydrogens (tertiary/aromatic N) is 1. The SMILES string of the molecule is COC(=O)[C@@H]1C[C@@H](Oc2nc3ccccc3cc2-c2cccc(Br)c2)CN1. The van der Waals surface area contributed by atoms with E-state index in [9.17, 15) is 4.79 Å². The first kappa shape index (κ1) is 17.9. The monoisotopic (exact) mass is 426 g/mol. The lowest BCUT2D eigenvalue weighted by Gasteiger charge is -2.16. The first-order valence-corrected chi connectivity index (χ1v) is 9.57. The van der Waals surface area contributed by atoms with Crippen molar-refractivity contribution < 1.29 is 14.3 Å². The number of fused-ring (bicyclic) bond motifs is 1. The zero-order valence-electron chi connectivity index (χ0n) is 14.8. The molecule has 0 amide bonds. The van der Waals surface area contributed by atoms with Crippen molar-refractivity contribution in [1.82, 2.24) is 10.3 Å². The molecule has 138 valence electrons. The molecule has 4 rings (SSSR count). The highest BCUT2D eigenvalue weighted by atomic mass is 79.9. The van der Waals surface area contributed by atoms with Crippen LogP contribution in [0.3, 0.4) is 0 Å². The number of methoxy groups -OCH3 is 1. The highest BCUT2D eigenvalue weighted by Crippen LogP contribution is 2.34. The van der Waals surface area contributed by atoms with Gasteiger partial charge in [0, 0.05) is 28.4 Å². The van der Waals surface area contributed by atoms with E-state index < -0.39 is 0 Å². The van der Waals surface area contributed by atoms with Crippen LogP contribution in [0.25, 0.3) is 22.0 Å². The number of esters is 1. The maximum atomic E-state index is 11.8. The summed E-state index contributed by atoms with van der Waals surface area (Å²) in [6, 6.07) is 17.8. The third-order valence-electron chi connectivity index (χ3n) is 4.68. The second kappa shape index (κ2) is 7.66. The van der Waals surface area contributed by atoms with E-state index >= 15 is 0 Å². The molecule has 1 N–H and O–H groups in total. The van der Waals surface area contributed by atoms with Gasteiger partial charge in [0.2, 0.25) is 5.88 Å². The lowest BCUT2D eigenvalue weighted by atomic mass is 10.0. The van der Waals surface area contributed by atoms with Crippen molar-refractivity contribution in [2.45, 2.75) is 18.6 Å². The summed E-state index contributed by atoms with van der Waals surface area (Å²) in [6.45, 7) is 0.576. The number of aromatic nitrogens is 1. The molecule has 0 radical (unpaired) electrons. The summed E-state index contributed by atoms with van der Waals surface area (Å²) in [4.78, 5) is 16.5. The quantitative estimate of drug-likeness (QED) is 0.640. The number of carbonyl (C=O) groups is 1. The number of benzene rings is 2. The fourth-order valence-electron chi connectivity index (χ4n) is 3.32. The molecule has 1 aromatic heterocycles. The van der Waals surface area contributed by atoms with Crippen molar-refractivity contribution in [3.05, 3.63) is 59.1 Å². The number of para-hydroxylation sites is 1. The van der Waals surface area contributed by atoms with E-state index in [1.807, 2.05) is 48.5 Å². The Balaban J connectivity index is 1.70. The van der Waals surface area contributed by atoms with E-state index in [1.165, 1.54) is 7.11 Å². The van der Waals surface area contributed by atoms with Gasteiger partial charge in [0.1, 0.15) is 12.1 Å². The molecule has 3 aromatic rings. The van der Waals surface area contributed by atoms with Crippen molar-refractivity contribution in [2.75, 3.05) is 13.7 Å². The van der Waals surface area contributed by atoms with Gasteiger partial charge in [0.05, 0.1) is 12.6 Å². The Morgan fingerprint density at radius 2 is 2.04 bits per heavy atom. The van der Waals surface area contributed by atoms with Crippen LogP contribution in [0.4, 0.5) is 0 Å². The summed E-state index contributed by atoms with van der Waals surface area (Å²) in [5.41, 5.74) is 2.83. The van der Waals surface area contributed by atoms with E-state index in [1.54, 1.807) is 0 Å². The molecule has 27 heavy (non-hydrogen) atoms. The zero-order chi connectivity index (χ0) is 18.8. The highest BCUT2D eigenvalue weighted by molar-refractivity contribution is 9.10. The Morgan fingerprint density at radius 3 is 2.85 bits per heavy atom. The van der Waals surface area contributed by atoms with Crippen LogP contribution in [0.2, 0.25) is 0 Å². The molecule has 5 nitrogen and oxygen atoms in total. The van der Waals surface area contributed by atoms with E-state index in [0.29, 0.717) is 18.8 Å². The Bertz CT molecular complexity index is 992. The molecular formula is C21H19BrN2O3. The van der Waals surface area contributed by atoms with Gasteiger partial charge in [-0.15, -0.1) is 0 Å². The van der Waals surface area contributed by atoms with Crippen molar-refractivity contribution in [2.24, 2.45) is 0 Å². The largest absolute Gasteiger partial charge is 0.472 e. The Morgan fingerprint density at radius 1 is 1.19 bits per heavy atom. The summed E-state index contributed by atoms with van der Waals surface area (Å²) in [5.74, 6) is 0.309. The van der Waals surface area contributed by atoms with Gasteiger partial charge < -0.3 is 14.8 Å². The van der Waals surface area contributed by atoms with Gasteiger partial charge in [-0.3, -0.25) is 4.79 Å². The number of halogens is 1. The Hall–Kier alpha value is -2.44. The second-order valence-electron chi connectivity index (χ2n) is 6.50. The predicted molar refractivity (Wildman–Crippen MR) is 108 cm³/mol. The van der Waals surface area contributed by atoms with Crippen molar-refractivity contribution >= 4 is 32.8 Å². The third kappa shape index (κ3) is 3.82. The second-order valence-corrected chi connectivity index (χ2v) is 7.42. The zero-order valence-corrected chi connectivity index (χ0v) is 16.4. The van der Waals surface area contributed by atoms with Gasteiger partial charge in [-0.05, 0) is 29.8 Å². The predicted octanol–water partition coefficient (Wildman–Crippen LogP) is 3.95. The third-order valence-corrected chi connectivity index (χ3v) is 5.17. The van der Waals surface area contributed by atoms with E-state index in [-0.39, 0.29) is 18.1 Å². The summed E-state index contributed by atoms with van der Waals surface area (Å²) in [6.07, 6.45) is 0.410. The Labute approximate surface area is 165 Å². The standard InChI is InChI=1S/C21H19BrN2O3/c1-26-21(25)19-11-16(12-23-19)27-20-17(13-6-4-7-15(22)9-13)10-14-5-2-3-8-18(14)24-20/h2-10,16,19,23H,11-12H2,1H3/t16-,19+/m1/s1. The van der Waals surface area contributed by atoms with E-state index in [4.69, 9.17) is 14.5 Å². The average molecular weight is 427 g/mol. The van der Waals surface area contributed by atoms with Crippen molar-refractivity contribution in [3.8, 4) is 17.0 Å². The number of ether oxygens (including phenoxy) is 2. The van der Waals surface area contributed by atoms with Crippen LogP contribution in [0.1, 0.15) is 6.42 Å². The van der Waals surface area contributed by atoms with Crippen LogP contribution in [-0.4, -0.2) is 36.8 Å². The number of carbonyl (C=O) groups excluding carboxylic acids is 1. The number of hydrogen-bond acceptors (Lipinski definition) is 5. The number of hydrogen-bond donors (Lipinski definition) is 1. The molecule has 1 aliphatic heterocycles. The molecule has 2 aromatic carbocycles. The molecule has 6 heteroatoms. The fraction of sp³-hybridized carbons (Fsp3) is 0.238. The summed E-state index contributed by atoms with van der Waals surface area (Å²) >= 11 is 3.53. The minimum Gasteiger partial charge on any atom is -0.472 e. The number of nitrogens with one attached hydrogen (secondary N) is 1. The Kier molecular flexibility index (Phi) is 5.09. The van der Waals surface area contributed by atoms with Gasteiger partial charge >= 0.3 is 5.97 Å². The van der Waals surface area contributed by atoms with Crippen LogP contribution in [0, 0.1) is 0 Å². The molecule has 1 fully saturated rings. The normalized spacial score (nSPS) is 19.2. The van der Waals surface area contributed by atoms with Gasteiger partial charge in [-0.2, -0.15) is 0 Å². The van der Waals surface area contributed by atoms with Gasteiger partial charge in [-0.1, -0.05) is 46.3 Å². The molecule has 0 aliphatic carbocycles. The molecule has 0 unspecified atom stereocenters. The maximum Gasteiger partial charge on any atom is 0.323 e. The van der Waals surface area contributed by atoms with Crippen LogP contribution in [0.5, 0.6) is 5.88 Å². The smallest absolute Gasteiger partial charge is 0.323 e. The van der Waals surface area contributed by atoms with E-state index in [0.717, 1.165) is 26.5 Å². The lowest BCUT2D eigenvalue weighted by Crippen LogP contribution is -2.31. The average Bonchev–Trinajstić information content (AvgIpc) is 3.15. The van der Waals surface area contributed by atoms with Gasteiger partial charge in [0.25, 0.3) is 0 Å². The fourth-order valence-corrected chi connectivity index (χ4v) is 3.72. The van der Waals surface area contributed by atoms with Crippen LogP contribution >= 0.6 is 15.9 Å². The summed E-state index contributed by atoms with van der Waals surface area (Å²) < 4.78 is 12.0. The summed E-state index contributed by atoms with van der Waals surface area (Å²) in [7, 11) is 1.40. The first-order valence-electron chi connectivity index (χ1n) is 8.77. The van der Waals surface area contributed by atoms with Gasteiger partial charge in [-0.25, -0.2) is 4.98 Å². The molecular weight excluding hydrogens is 408 g/mol. The molecule has 0 bridgehead atoms. The van der Waals surface area contributed by atoms with E-state index in [2.05, 4.69) is 27.3 Å². The number of pyridine rings is 1. The summed E-state index contributed by atoms with van der Waals surface area (Å²) in [5, 5.41) is 4.20. The minimum atomic E-state index is -0.338. The highest BCUT2D eigenvalue weighted by Gasteiger charge is 2.32.